The van der Waals surface area contributed by atoms with Gasteiger partial charge in [0.25, 0.3) is 0 Å². The molecule has 0 amide bonds. The van der Waals surface area contributed by atoms with Crippen LogP contribution >= 0.6 is 0 Å². The Bertz CT molecular complexity index is 721. The minimum atomic E-state index is 0.903. The van der Waals surface area contributed by atoms with Crippen molar-refractivity contribution >= 4 is 16.6 Å². The lowest BCUT2D eigenvalue weighted by molar-refractivity contribution is 1.24. The average molecular weight is 249 g/mol. The van der Waals surface area contributed by atoms with Gasteiger partial charge in [-0.1, -0.05) is 36.4 Å². The number of hydrogen-bond acceptors (Lipinski definition) is 3. The third-order valence-corrected chi connectivity index (χ3v) is 3.20. The highest BCUT2D eigenvalue weighted by Gasteiger charge is 2.05. The van der Waals surface area contributed by atoms with Gasteiger partial charge in [-0.25, -0.2) is 0 Å². The van der Waals surface area contributed by atoms with Crippen LogP contribution < -0.4 is 11.3 Å². The maximum atomic E-state index is 5.60. The van der Waals surface area contributed by atoms with Gasteiger partial charge in [-0.15, -0.1) is 0 Å². The van der Waals surface area contributed by atoms with E-state index in [1.165, 1.54) is 5.56 Å². The molecule has 2 aromatic carbocycles. The molecular formula is C16H15N3. The molecule has 0 atom stereocenters. The number of benzene rings is 2. The lowest BCUT2D eigenvalue weighted by atomic mass is 10.0. The summed E-state index contributed by atoms with van der Waals surface area (Å²) in [5, 5.41) is 1.04. The van der Waals surface area contributed by atoms with E-state index in [-0.39, 0.29) is 0 Å². The van der Waals surface area contributed by atoms with Crippen LogP contribution in [0.3, 0.4) is 0 Å². The molecule has 0 spiro atoms. The molecule has 94 valence electrons. The van der Waals surface area contributed by atoms with Crippen molar-refractivity contribution in [3.63, 3.8) is 0 Å². The van der Waals surface area contributed by atoms with Crippen LogP contribution in [0.25, 0.3) is 22.0 Å². The van der Waals surface area contributed by atoms with Gasteiger partial charge in [-0.3, -0.25) is 10.8 Å². The number of nitrogens with zero attached hydrogens (tertiary/aromatic N) is 1. The lowest BCUT2D eigenvalue weighted by Gasteiger charge is -2.09. The first kappa shape index (κ1) is 11.7. The number of anilines is 1. The number of nitrogens with two attached hydrogens (primary N) is 1. The third kappa shape index (κ3) is 2.16. The van der Waals surface area contributed by atoms with E-state index in [0.29, 0.717) is 0 Å². The number of nitrogen functional groups attached to an aromatic ring is 1. The Morgan fingerprint density at radius 3 is 2.47 bits per heavy atom. The van der Waals surface area contributed by atoms with E-state index >= 15 is 0 Å². The summed E-state index contributed by atoms with van der Waals surface area (Å²) >= 11 is 0. The number of hydrogen-bond donors (Lipinski definition) is 2. The van der Waals surface area contributed by atoms with Crippen LogP contribution in [0.5, 0.6) is 0 Å². The molecule has 0 aliphatic rings. The Hall–Kier alpha value is -2.39. The van der Waals surface area contributed by atoms with Crippen molar-refractivity contribution in [3.8, 4) is 11.1 Å². The van der Waals surface area contributed by atoms with Gasteiger partial charge in [0.15, 0.2) is 0 Å². The van der Waals surface area contributed by atoms with Crippen molar-refractivity contribution in [1.29, 1.82) is 0 Å². The Morgan fingerprint density at radius 2 is 1.74 bits per heavy atom. The summed E-state index contributed by atoms with van der Waals surface area (Å²) in [7, 11) is 0. The first-order valence-electron chi connectivity index (χ1n) is 6.21. The molecule has 0 aliphatic carbocycles. The molecule has 0 bridgehead atoms. The van der Waals surface area contributed by atoms with E-state index in [1.54, 1.807) is 0 Å². The SMILES string of the molecule is Cc1cc(NN)c2cc(-c3ccccc3)ccc2n1. The molecule has 0 fully saturated rings. The van der Waals surface area contributed by atoms with Crippen LogP contribution in [-0.4, -0.2) is 4.98 Å². The summed E-state index contributed by atoms with van der Waals surface area (Å²) < 4.78 is 0. The Morgan fingerprint density at radius 1 is 0.947 bits per heavy atom. The molecule has 0 saturated carbocycles. The molecule has 3 nitrogen and oxygen atoms in total. The van der Waals surface area contributed by atoms with Crippen LogP contribution in [0.2, 0.25) is 0 Å². The molecule has 1 heterocycles. The topological polar surface area (TPSA) is 50.9 Å². The summed E-state index contributed by atoms with van der Waals surface area (Å²) in [4.78, 5) is 4.52. The number of rotatable bonds is 2. The fourth-order valence-electron chi connectivity index (χ4n) is 2.29. The summed E-state index contributed by atoms with van der Waals surface area (Å²) in [5.41, 5.74) is 7.91. The second-order valence-electron chi connectivity index (χ2n) is 4.55. The average Bonchev–Trinajstić information content (AvgIpc) is 2.46. The molecule has 3 rings (SSSR count). The molecule has 0 aliphatic heterocycles. The highest BCUT2D eigenvalue weighted by Crippen LogP contribution is 2.28. The molecule has 3 aromatic rings. The number of pyridine rings is 1. The number of nitrogens with one attached hydrogen (secondary N) is 1. The molecule has 19 heavy (non-hydrogen) atoms. The standard InChI is InChI=1S/C16H15N3/c1-11-9-16(19-17)14-10-13(7-8-15(14)18-11)12-5-3-2-4-6-12/h2-10H,17H2,1H3,(H,18,19). The quantitative estimate of drug-likeness (QED) is 0.540. The summed E-state index contributed by atoms with van der Waals surface area (Å²) in [6.45, 7) is 1.96. The first-order chi connectivity index (χ1) is 9.28. The highest BCUT2D eigenvalue weighted by molar-refractivity contribution is 5.94. The van der Waals surface area contributed by atoms with Crippen molar-refractivity contribution in [1.82, 2.24) is 4.98 Å². The monoisotopic (exact) mass is 249 g/mol. The van der Waals surface area contributed by atoms with E-state index < -0.39 is 0 Å². The minimum absolute atomic E-state index is 0.903. The fraction of sp³-hybridized carbons (Fsp3) is 0.0625. The minimum Gasteiger partial charge on any atom is -0.323 e. The number of fused-ring (bicyclic) bond motifs is 1. The smallest absolute Gasteiger partial charge is 0.0726 e. The van der Waals surface area contributed by atoms with Crippen molar-refractivity contribution in [2.45, 2.75) is 6.92 Å². The summed E-state index contributed by atoms with van der Waals surface area (Å²) in [5.74, 6) is 5.60. The molecular weight excluding hydrogens is 234 g/mol. The molecule has 3 N–H and O–H groups in total. The normalized spacial score (nSPS) is 10.6. The van der Waals surface area contributed by atoms with Gasteiger partial charge >= 0.3 is 0 Å². The van der Waals surface area contributed by atoms with E-state index in [2.05, 4.69) is 34.7 Å². The van der Waals surface area contributed by atoms with Crippen LogP contribution in [0.15, 0.2) is 54.6 Å². The molecule has 3 heteroatoms. The van der Waals surface area contributed by atoms with Gasteiger partial charge in [0.1, 0.15) is 0 Å². The first-order valence-corrected chi connectivity index (χ1v) is 6.21. The van der Waals surface area contributed by atoms with Gasteiger partial charge in [0, 0.05) is 11.1 Å². The van der Waals surface area contributed by atoms with Gasteiger partial charge in [-0.2, -0.15) is 0 Å². The molecule has 1 aromatic heterocycles. The highest BCUT2D eigenvalue weighted by atomic mass is 15.2. The maximum Gasteiger partial charge on any atom is 0.0726 e. The van der Waals surface area contributed by atoms with Crippen molar-refractivity contribution < 1.29 is 0 Å². The van der Waals surface area contributed by atoms with Crippen LogP contribution in [0.4, 0.5) is 5.69 Å². The molecule has 0 unspecified atom stereocenters. The van der Waals surface area contributed by atoms with E-state index in [0.717, 1.165) is 27.8 Å². The van der Waals surface area contributed by atoms with Crippen LogP contribution in [0, 0.1) is 6.92 Å². The van der Waals surface area contributed by atoms with E-state index in [4.69, 9.17) is 5.84 Å². The van der Waals surface area contributed by atoms with Crippen molar-refractivity contribution in [2.75, 3.05) is 5.43 Å². The largest absolute Gasteiger partial charge is 0.323 e. The Kier molecular flexibility index (Phi) is 2.89. The Balaban J connectivity index is 2.23. The number of aromatic nitrogens is 1. The third-order valence-electron chi connectivity index (χ3n) is 3.20. The zero-order valence-electron chi connectivity index (χ0n) is 10.7. The van der Waals surface area contributed by atoms with E-state index in [9.17, 15) is 0 Å². The summed E-state index contributed by atoms with van der Waals surface area (Å²) in [6, 6.07) is 18.5. The van der Waals surface area contributed by atoms with Gasteiger partial charge < -0.3 is 5.43 Å². The second-order valence-corrected chi connectivity index (χ2v) is 4.55. The van der Waals surface area contributed by atoms with Crippen LogP contribution in [-0.2, 0) is 0 Å². The van der Waals surface area contributed by atoms with Crippen LogP contribution in [0.1, 0.15) is 5.69 Å². The second kappa shape index (κ2) is 4.71. The Labute approximate surface area is 112 Å². The summed E-state index contributed by atoms with van der Waals surface area (Å²) in [6.07, 6.45) is 0. The molecule has 0 saturated heterocycles. The van der Waals surface area contributed by atoms with Gasteiger partial charge in [0.05, 0.1) is 11.2 Å². The molecule has 0 radical (unpaired) electrons. The lowest BCUT2D eigenvalue weighted by Crippen LogP contribution is -2.07. The van der Waals surface area contributed by atoms with E-state index in [1.807, 2.05) is 37.3 Å². The fourth-order valence-corrected chi connectivity index (χ4v) is 2.29. The maximum absolute atomic E-state index is 5.60. The zero-order chi connectivity index (χ0) is 13.2. The van der Waals surface area contributed by atoms with Crippen molar-refractivity contribution in [2.24, 2.45) is 5.84 Å². The number of aryl methyl sites for hydroxylation is 1. The van der Waals surface area contributed by atoms with Gasteiger partial charge in [-0.05, 0) is 36.2 Å². The number of hydrazine groups is 1. The predicted molar refractivity (Wildman–Crippen MR) is 79.7 cm³/mol. The zero-order valence-corrected chi connectivity index (χ0v) is 10.7. The van der Waals surface area contributed by atoms with Gasteiger partial charge in [0.2, 0.25) is 0 Å². The predicted octanol–water partition coefficient (Wildman–Crippen LogP) is 3.50. The van der Waals surface area contributed by atoms with Crippen molar-refractivity contribution in [3.05, 3.63) is 60.3 Å².